The average molecular weight is 313 g/mol. The Morgan fingerprint density at radius 1 is 1.26 bits per heavy atom. The highest BCUT2D eigenvalue weighted by molar-refractivity contribution is 5.73. The van der Waals surface area contributed by atoms with Gasteiger partial charge in [-0.25, -0.2) is 0 Å². The van der Waals surface area contributed by atoms with Crippen LogP contribution in [-0.4, -0.2) is 16.0 Å². The van der Waals surface area contributed by atoms with E-state index in [2.05, 4.69) is 33.7 Å². The van der Waals surface area contributed by atoms with E-state index in [1.165, 1.54) is 42.9 Å². The Kier molecular flexibility index (Phi) is 4.20. The Labute approximate surface area is 136 Å². The monoisotopic (exact) mass is 313 g/mol. The quantitative estimate of drug-likeness (QED) is 0.942. The highest BCUT2D eigenvalue weighted by atomic mass is 16.5. The molecular formula is C18H23N3O2. The number of hydrogen-bond donors (Lipinski definition) is 1. The first-order valence-electron chi connectivity index (χ1n) is 8.16. The van der Waals surface area contributed by atoms with Gasteiger partial charge >= 0.3 is 0 Å². The van der Waals surface area contributed by atoms with Gasteiger partial charge < -0.3 is 9.84 Å². The molecule has 1 heterocycles. The number of amides is 1. The molecule has 5 nitrogen and oxygen atoms in total. The molecule has 23 heavy (non-hydrogen) atoms. The lowest BCUT2D eigenvalue weighted by atomic mass is 9.90. The zero-order chi connectivity index (χ0) is 16.4. The molecule has 0 bridgehead atoms. The minimum atomic E-state index is -0.635. The molecule has 1 aliphatic carbocycles. The number of nitrogens with zero attached hydrogens (tertiary/aromatic N) is 2. The lowest BCUT2D eigenvalue weighted by Crippen LogP contribution is -2.40. The minimum absolute atomic E-state index is 0.115. The third kappa shape index (κ3) is 3.60. The molecule has 1 aromatic carbocycles. The maximum atomic E-state index is 11.3. The number of rotatable bonds is 4. The van der Waals surface area contributed by atoms with Crippen LogP contribution in [0.5, 0.6) is 0 Å². The summed E-state index contributed by atoms with van der Waals surface area (Å²) in [5, 5.41) is 6.85. The smallest absolute Gasteiger partial charge is 0.231 e. The Morgan fingerprint density at radius 3 is 2.74 bits per heavy atom. The fourth-order valence-electron chi connectivity index (χ4n) is 3.15. The normalized spacial score (nSPS) is 14.4. The van der Waals surface area contributed by atoms with Crippen molar-refractivity contribution in [1.82, 2.24) is 15.5 Å². The van der Waals surface area contributed by atoms with Crippen LogP contribution in [0.15, 0.2) is 22.7 Å². The molecule has 1 amide bonds. The second-order valence-electron chi connectivity index (χ2n) is 6.80. The number of nitrogens with one attached hydrogen (secondary N) is 1. The predicted molar refractivity (Wildman–Crippen MR) is 87.0 cm³/mol. The van der Waals surface area contributed by atoms with Gasteiger partial charge in [0.05, 0.1) is 12.0 Å². The van der Waals surface area contributed by atoms with Gasteiger partial charge in [0.1, 0.15) is 0 Å². The van der Waals surface area contributed by atoms with Crippen molar-refractivity contribution in [1.29, 1.82) is 0 Å². The molecule has 0 spiro atoms. The molecule has 0 atom stereocenters. The molecular weight excluding hydrogens is 290 g/mol. The van der Waals surface area contributed by atoms with Gasteiger partial charge in [-0.1, -0.05) is 23.4 Å². The third-order valence-electron chi connectivity index (χ3n) is 4.28. The number of aromatic nitrogens is 2. The highest BCUT2D eigenvalue weighted by Crippen LogP contribution is 2.24. The lowest BCUT2D eigenvalue weighted by molar-refractivity contribution is -0.120. The molecule has 0 aliphatic heterocycles. The summed E-state index contributed by atoms with van der Waals surface area (Å²) >= 11 is 0. The number of benzene rings is 1. The SMILES string of the molecule is CC(=O)NC(C)(C)c1noc(Cc2ccc3c(c2)CCCC3)n1. The van der Waals surface area contributed by atoms with E-state index in [-0.39, 0.29) is 5.91 Å². The van der Waals surface area contributed by atoms with E-state index in [4.69, 9.17) is 4.52 Å². The topological polar surface area (TPSA) is 68.0 Å². The van der Waals surface area contributed by atoms with Gasteiger partial charge in [0, 0.05) is 6.92 Å². The van der Waals surface area contributed by atoms with Gasteiger partial charge in [-0.2, -0.15) is 4.98 Å². The molecule has 1 N–H and O–H groups in total. The first kappa shape index (κ1) is 15.7. The summed E-state index contributed by atoms with van der Waals surface area (Å²) in [6.45, 7) is 5.21. The fraction of sp³-hybridized carbons (Fsp3) is 0.500. The van der Waals surface area contributed by atoms with Crippen LogP contribution in [0, 0.1) is 0 Å². The van der Waals surface area contributed by atoms with E-state index in [9.17, 15) is 4.79 Å². The number of aryl methyl sites for hydroxylation is 2. The molecule has 0 saturated heterocycles. The van der Waals surface area contributed by atoms with Crippen LogP contribution in [-0.2, 0) is 29.6 Å². The van der Waals surface area contributed by atoms with Crippen LogP contribution in [0.3, 0.4) is 0 Å². The number of hydrogen-bond acceptors (Lipinski definition) is 4. The molecule has 122 valence electrons. The molecule has 5 heteroatoms. The van der Waals surface area contributed by atoms with Crippen molar-refractivity contribution in [2.75, 3.05) is 0 Å². The van der Waals surface area contributed by atoms with Crippen LogP contribution < -0.4 is 5.32 Å². The van der Waals surface area contributed by atoms with Gasteiger partial charge in [-0.15, -0.1) is 0 Å². The molecule has 0 saturated carbocycles. The van der Waals surface area contributed by atoms with Crippen molar-refractivity contribution in [2.24, 2.45) is 0 Å². The van der Waals surface area contributed by atoms with E-state index >= 15 is 0 Å². The number of fused-ring (bicyclic) bond motifs is 1. The molecule has 2 aromatic rings. The standard InChI is InChI=1S/C18H23N3O2/c1-12(22)20-18(2,3)17-19-16(23-21-17)11-13-8-9-14-6-4-5-7-15(14)10-13/h8-10H,4-7,11H2,1-3H3,(H,20,22). The molecule has 3 rings (SSSR count). The Balaban J connectivity index is 1.75. The summed E-state index contributed by atoms with van der Waals surface area (Å²) in [4.78, 5) is 15.7. The van der Waals surface area contributed by atoms with Crippen molar-refractivity contribution >= 4 is 5.91 Å². The summed E-state index contributed by atoms with van der Waals surface area (Å²) in [5.74, 6) is 0.964. The predicted octanol–water partition coefficient (Wildman–Crippen LogP) is 2.91. The van der Waals surface area contributed by atoms with Crippen LogP contribution in [0.2, 0.25) is 0 Å². The van der Waals surface area contributed by atoms with Crippen molar-refractivity contribution in [3.63, 3.8) is 0 Å². The zero-order valence-electron chi connectivity index (χ0n) is 14.0. The second kappa shape index (κ2) is 6.14. The molecule has 1 aromatic heterocycles. The van der Waals surface area contributed by atoms with Gasteiger partial charge in [-0.05, 0) is 56.2 Å². The highest BCUT2D eigenvalue weighted by Gasteiger charge is 2.27. The van der Waals surface area contributed by atoms with Gasteiger partial charge in [0.15, 0.2) is 5.82 Å². The summed E-state index contributed by atoms with van der Waals surface area (Å²) in [6.07, 6.45) is 5.53. The first-order chi connectivity index (χ1) is 10.9. The maximum Gasteiger partial charge on any atom is 0.231 e. The van der Waals surface area contributed by atoms with Gasteiger partial charge in [0.25, 0.3) is 0 Å². The van der Waals surface area contributed by atoms with E-state index in [0.29, 0.717) is 18.1 Å². The van der Waals surface area contributed by atoms with E-state index in [1.807, 2.05) is 13.8 Å². The van der Waals surface area contributed by atoms with Crippen molar-refractivity contribution in [3.05, 3.63) is 46.6 Å². The largest absolute Gasteiger partial charge is 0.344 e. The molecule has 0 fully saturated rings. The maximum absolute atomic E-state index is 11.3. The zero-order valence-corrected chi connectivity index (χ0v) is 14.0. The Morgan fingerprint density at radius 2 is 2.00 bits per heavy atom. The third-order valence-corrected chi connectivity index (χ3v) is 4.28. The van der Waals surface area contributed by atoms with Crippen LogP contribution in [0.25, 0.3) is 0 Å². The van der Waals surface area contributed by atoms with Crippen LogP contribution in [0.4, 0.5) is 0 Å². The Bertz CT molecular complexity index is 719. The van der Waals surface area contributed by atoms with Gasteiger partial charge in [0.2, 0.25) is 11.8 Å². The van der Waals surface area contributed by atoms with Gasteiger partial charge in [-0.3, -0.25) is 4.79 Å². The summed E-state index contributed by atoms with van der Waals surface area (Å²) in [5.41, 5.74) is 3.48. The average Bonchev–Trinajstić information content (AvgIpc) is 2.95. The number of carbonyl (C=O) groups excluding carboxylic acids is 1. The minimum Gasteiger partial charge on any atom is -0.344 e. The van der Waals surface area contributed by atoms with Crippen LogP contribution in [0.1, 0.15) is 62.0 Å². The van der Waals surface area contributed by atoms with E-state index in [0.717, 1.165) is 6.42 Å². The molecule has 0 radical (unpaired) electrons. The Hall–Kier alpha value is -2.17. The summed E-state index contributed by atoms with van der Waals surface area (Å²) < 4.78 is 5.37. The number of carbonyl (C=O) groups is 1. The second-order valence-corrected chi connectivity index (χ2v) is 6.80. The summed E-state index contributed by atoms with van der Waals surface area (Å²) in [7, 11) is 0. The lowest BCUT2D eigenvalue weighted by Gasteiger charge is -2.20. The van der Waals surface area contributed by atoms with Crippen molar-refractivity contribution in [3.8, 4) is 0 Å². The van der Waals surface area contributed by atoms with Crippen molar-refractivity contribution in [2.45, 2.75) is 58.4 Å². The summed E-state index contributed by atoms with van der Waals surface area (Å²) in [6, 6.07) is 6.63. The van der Waals surface area contributed by atoms with E-state index in [1.54, 1.807) is 0 Å². The molecule has 0 unspecified atom stereocenters. The van der Waals surface area contributed by atoms with E-state index < -0.39 is 5.54 Å². The van der Waals surface area contributed by atoms with Crippen LogP contribution >= 0.6 is 0 Å². The fourth-order valence-corrected chi connectivity index (χ4v) is 3.15. The first-order valence-corrected chi connectivity index (χ1v) is 8.16. The molecule has 1 aliphatic rings. The van der Waals surface area contributed by atoms with Crippen molar-refractivity contribution < 1.29 is 9.32 Å².